The molecule has 0 unspecified atom stereocenters. The predicted molar refractivity (Wildman–Crippen MR) is 92.4 cm³/mol. The molecule has 4 nitrogen and oxygen atoms in total. The van der Waals surface area contributed by atoms with E-state index >= 15 is 0 Å². The van der Waals surface area contributed by atoms with Gasteiger partial charge in [-0.25, -0.2) is 0 Å². The number of rotatable bonds is 6. The fourth-order valence-electron chi connectivity index (χ4n) is 2.19. The summed E-state index contributed by atoms with van der Waals surface area (Å²) >= 11 is 0. The standard InChI is InChI=1S/C19H23NO3/c1-13(2)15-6-8-16(9-7-15)20-19(21)12-23-17-10-5-14(3)11-18(17)22-4/h5-11,13H,12H2,1-4H3,(H,20,21). The number of aryl methyl sites for hydroxylation is 1. The number of amides is 1. The first-order valence-corrected chi connectivity index (χ1v) is 7.67. The highest BCUT2D eigenvalue weighted by atomic mass is 16.5. The lowest BCUT2D eigenvalue weighted by Gasteiger charge is -2.12. The van der Waals surface area contributed by atoms with Gasteiger partial charge in [0.25, 0.3) is 5.91 Å². The molecule has 0 atom stereocenters. The lowest BCUT2D eigenvalue weighted by Crippen LogP contribution is -2.20. The molecule has 0 radical (unpaired) electrons. The Bertz CT molecular complexity index is 663. The van der Waals surface area contributed by atoms with Gasteiger partial charge >= 0.3 is 0 Å². The molecular formula is C19H23NO3. The number of nitrogens with one attached hydrogen (secondary N) is 1. The van der Waals surface area contributed by atoms with Crippen LogP contribution >= 0.6 is 0 Å². The first-order chi connectivity index (χ1) is 11.0. The third-order valence-corrected chi connectivity index (χ3v) is 3.54. The summed E-state index contributed by atoms with van der Waals surface area (Å²) in [5, 5.41) is 2.82. The maximum absolute atomic E-state index is 12.0. The molecule has 0 spiro atoms. The molecule has 1 N–H and O–H groups in total. The Hall–Kier alpha value is -2.49. The molecule has 4 heteroatoms. The molecule has 0 fully saturated rings. The van der Waals surface area contributed by atoms with Crippen LogP contribution in [-0.2, 0) is 4.79 Å². The van der Waals surface area contributed by atoms with E-state index in [0.717, 1.165) is 11.3 Å². The van der Waals surface area contributed by atoms with E-state index in [9.17, 15) is 4.79 Å². The van der Waals surface area contributed by atoms with Crippen LogP contribution in [0.3, 0.4) is 0 Å². The number of carbonyl (C=O) groups excluding carboxylic acids is 1. The number of benzene rings is 2. The zero-order valence-corrected chi connectivity index (χ0v) is 14.1. The van der Waals surface area contributed by atoms with Crippen molar-refractivity contribution in [3.63, 3.8) is 0 Å². The lowest BCUT2D eigenvalue weighted by atomic mass is 10.0. The fourth-order valence-corrected chi connectivity index (χ4v) is 2.19. The normalized spacial score (nSPS) is 10.5. The van der Waals surface area contributed by atoms with Crippen LogP contribution in [-0.4, -0.2) is 19.6 Å². The van der Waals surface area contributed by atoms with Crippen molar-refractivity contribution in [2.24, 2.45) is 0 Å². The quantitative estimate of drug-likeness (QED) is 0.871. The molecule has 23 heavy (non-hydrogen) atoms. The highest BCUT2D eigenvalue weighted by Gasteiger charge is 2.08. The molecular weight excluding hydrogens is 290 g/mol. The third kappa shape index (κ3) is 4.74. The van der Waals surface area contributed by atoms with Crippen molar-refractivity contribution in [3.05, 3.63) is 53.6 Å². The molecule has 0 aromatic heterocycles. The Morgan fingerprint density at radius 3 is 2.39 bits per heavy atom. The monoisotopic (exact) mass is 313 g/mol. The number of hydrogen-bond acceptors (Lipinski definition) is 3. The Morgan fingerprint density at radius 2 is 1.78 bits per heavy atom. The van der Waals surface area contributed by atoms with Crippen molar-refractivity contribution in [2.45, 2.75) is 26.7 Å². The molecule has 0 aliphatic rings. The predicted octanol–water partition coefficient (Wildman–Crippen LogP) is 4.14. The van der Waals surface area contributed by atoms with Crippen LogP contribution in [0.1, 0.15) is 30.9 Å². The minimum atomic E-state index is -0.204. The van der Waals surface area contributed by atoms with Gasteiger partial charge < -0.3 is 14.8 Å². The van der Waals surface area contributed by atoms with E-state index in [-0.39, 0.29) is 12.5 Å². The summed E-state index contributed by atoms with van der Waals surface area (Å²) in [5.74, 6) is 1.45. The van der Waals surface area contributed by atoms with Crippen molar-refractivity contribution in [1.29, 1.82) is 0 Å². The Morgan fingerprint density at radius 1 is 1.09 bits per heavy atom. The zero-order chi connectivity index (χ0) is 16.8. The summed E-state index contributed by atoms with van der Waals surface area (Å²) in [6.07, 6.45) is 0. The minimum Gasteiger partial charge on any atom is -0.493 e. The fraction of sp³-hybridized carbons (Fsp3) is 0.316. The van der Waals surface area contributed by atoms with Gasteiger partial charge in [0.05, 0.1) is 7.11 Å². The van der Waals surface area contributed by atoms with Crippen LogP contribution in [0.15, 0.2) is 42.5 Å². The van der Waals surface area contributed by atoms with Gasteiger partial charge in [-0.1, -0.05) is 32.0 Å². The molecule has 2 rings (SSSR count). The van der Waals surface area contributed by atoms with E-state index in [1.54, 1.807) is 13.2 Å². The summed E-state index contributed by atoms with van der Waals surface area (Å²) in [4.78, 5) is 12.0. The molecule has 122 valence electrons. The second-order valence-electron chi connectivity index (χ2n) is 5.77. The van der Waals surface area contributed by atoms with Crippen molar-refractivity contribution < 1.29 is 14.3 Å². The van der Waals surface area contributed by atoms with Gasteiger partial charge in [0, 0.05) is 5.69 Å². The van der Waals surface area contributed by atoms with Gasteiger partial charge in [-0.3, -0.25) is 4.79 Å². The third-order valence-electron chi connectivity index (χ3n) is 3.54. The summed E-state index contributed by atoms with van der Waals surface area (Å²) in [5.41, 5.74) is 3.08. The average Bonchev–Trinajstić information content (AvgIpc) is 2.54. The van der Waals surface area contributed by atoms with E-state index in [1.807, 2.05) is 43.3 Å². The lowest BCUT2D eigenvalue weighted by molar-refractivity contribution is -0.118. The maximum atomic E-state index is 12.0. The molecule has 0 aliphatic heterocycles. The van der Waals surface area contributed by atoms with Gasteiger partial charge in [-0.05, 0) is 48.2 Å². The maximum Gasteiger partial charge on any atom is 0.262 e. The van der Waals surface area contributed by atoms with Crippen molar-refractivity contribution >= 4 is 11.6 Å². The first kappa shape index (κ1) is 16.9. The number of ether oxygens (including phenoxy) is 2. The van der Waals surface area contributed by atoms with Gasteiger partial charge in [-0.15, -0.1) is 0 Å². The van der Waals surface area contributed by atoms with E-state index in [4.69, 9.17) is 9.47 Å². The van der Waals surface area contributed by atoms with Gasteiger partial charge in [0.15, 0.2) is 18.1 Å². The molecule has 0 heterocycles. The van der Waals surface area contributed by atoms with E-state index in [2.05, 4.69) is 19.2 Å². The van der Waals surface area contributed by atoms with E-state index in [1.165, 1.54) is 5.56 Å². The highest BCUT2D eigenvalue weighted by molar-refractivity contribution is 5.91. The Labute approximate surface area is 137 Å². The first-order valence-electron chi connectivity index (χ1n) is 7.67. The summed E-state index contributed by atoms with van der Waals surface area (Å²) in [6, 6.07) is 13.4. The number of anilines is 1. The highest BCUT2D eigenvalue weighted by Crippen LogP contribution is 2.27. The van der Waals surface area contributed by atoms with Crippen molar-refractivity contribution in [3.8, 4) is 11.5 Å². The summed E-state index contributed by atoms with van der Waals surface area (Å²) in [7, 11) is 1.58. The molecule has 0 saturated carbocycles. The molecule has 0 bridgehead atoms. The summed E-state index contributed by atoms with van der Waals surface area (Å²) in [6.45, 7) is 6.18. The van der Waals surface area contributed by atoms with Crippen LogP contribution in [0.5, 0.6) is 11.5 Å². The topological polar surface area (TPSA) is 47.6 Å². The second kappa shape index (κ2) is 7.68. The average molecular weight is 313 g/mol. The second-order valence-corrected chi connectivity index (χ2v) is 5.77. The zero-order valence-electron chi connectivity index (χ0n) is 14.1. The SMILES string of the molecule is COc1cc(C)ccc1OCC(=O)Nc1ccc(C(C)C)cc1. The van der Waals surface area contributed by atoms with Crippen LogP contribution < -0.4 is 14.8 Å². The van der Waals surface area contributed by atoms with Crippen LogP contribution in [0, 0.1) is 6.92 Å². The molecule has 2 aromatic carbocycles. The van der Waals surface area contributed by atoms with Crippen LogP contribution in [0.25, 0.3) is 0 Å². The van der Waals surface area contributed by atoms with Gasteiger partial charge in [0.1, 0.15) is 0 Å². The number of methoxy groups -OCH3 is 1. The van der Waals surface area contributed by atoms with Crippen LogP contribution in [0.4, 0.5) is 5.69 Å². The van der Waals surface area contributed by atoms with E-state index in [0.29, 0.717) is 17.4 Å². The summed E-state index contributed by atoms with van der Waals surface area (Å²) < 4.78 is 10.8. The molecule has 0 aliphatic carbocycles. The Balaban J connectivity index is 1.92. The van der Waals surface area contributed by atoms with Crippen molar-refractivity contribution in [1.82, 2.24) is 0 Å². The minimum absolute atomic E-state index is 0.0641. The smallest absolute Gasteiger partial charge is 0.262 e. The molecule has 0 saturated heterocycles. The molecule has 2 aromatic rings. The largest absolute Gasteiger partial charge is 0.493 e. The number of hydrogen-bond donors (Lipinski definition) is 1. The molecule has 1 amide bonds. The van der Waals surface area contributed by atoms with E-state index < -0.39 is 0 Å². The van der Waals surface area contributed by atoms with Crippen molar-refractivity contribution in [2.75, 3.05) is 19.0 Å². The van der Waals surface area contributed by atoms with Gasteiger partial charge in [-0.2, -0.15) is 0 Å². The Kier molecular flexibility index (Phi) is 5.63. The van der Waals surface area contributed by atoms with Crippen LogP contribution in [0.2, 0.25) is 0 Å². The van der Waals surface area contributed by atoms with Gasteiger partial charge in [0.2, 0.25) is 0 Å². The number of carbonyl (C=O) groups is 1.